The van der Waals surface area contributed by atoms with Gasteiger partial charge in [0.2, 0.25) is 5.95 Å². The predicted molar refractivity (Wildman–Crippen MR) is 97.0 cm³/mol. The van der Waals surface area contributed by atoms with Crippen molar-refractivity contribution in [2.24, 2.45) is 0 Å². The topological polar surface area (TPSA) is 61.3 Å². The molecule has 0 aliphatic carbocycles. The summed E-state index contributed by atoms with van der Waals surface area (Å²) in [5.41, 5.74) is -3.54. The molecule has 0 amide bonds. The molecule has 4 aromatic rings. The predicted octanol–water partition coefficient (Wildman–Crippen LogP) is 3.07. The second-order valence-electron chi connectivity index (χ2n) is 6.65. The van der Waals surface area contributed by atoms with Gasteiger partial charge in [0.25, 0.3) is 5.65 Å². The van der Waals surface area contributed by atoms with E-state index in [0.717, 1.165) is 27.2 Å². The lowest BCUT2D eigenvalue weighted by atomic mass is 10.0. The molecule has 1 aromatic carbocycles. The maximum Gasteiger partial charge on any atom is 0.419 e. The maximum atomic E-state index is 14.7. The highest BCUT2D eigenvalue weighted by Gasteiger charge is 2.36. The summed E-state index contributed by atoms with van der Waals surface area (Å²) in [5.74, 6) is -3.44. The summed E-state index contributed by atoms with van der Waals surface area (Å²) in [6.45, 7) is -0.173. The fourth-order valence-corrected chi connectivity index (χ4v) is 3.29. The zero-order chi connectivity index (χ0) is 22.3. The molecule has 10 heteroatoms. The van der Waals surface area contributed by atoms with Crippen molar-refractivity contribution in [1.82, 2.24) is 9.38 Å². The largest absolute Gasteiger partial charge is 0.842 e. The molecule has 5 nitrogen and oxygen atoms in total. The molecule has 0 radical (unpaired) electrons. The number of fused-ring (bicyclic) bond motifs is 1. The lowest BCUT2D eigenvalue weighted by molar-refractivity contribution is -0.708. The van der Waals surface area contributed by atoms with E-state index in [1.165, 1.54) is 30.6 Å². The van der Waals surface area contributed by atoms with Gasteiger partial charge in [-0.05, 0) is 24.3 Å². The van der Waals surface area contributed by atoms with Crippen molar-refractivity contribution in [3.8, 4) is 17.0 Å². The molecular formula is C21H12F5N3O2. The summed E-state index contributed by atoms with van der Waals surface area (Å²) in [4.78, 5) is 16.5. The molecule has 0 atom stereocenters. The average molecular weight is 433 g/mol. The number of hydrogen-bond acceptors (Lipinski definition) is 3. The molecular weight excluding hydrogens is 421 g/mol. The van der Waals surface area contributed by atoms with Crippen molar-refractivity contribution < 1.29 is 31.6 Å². The van der Waals surface area contributed by atoms with Crippen molar-refractivity contribution in [3.05, 3.63) is 94.2 Å². The molecule has 0 aliphatic heterocycles. The fraction of sp³-hybridized carbons (Fsp3) is 0.0952. The Hall–Kier alpha value is -3.82. The maximum absolute atomic E-state index is 14.7. The third-order valence-corrected chi connectivity index (χ3v) is 4.71. The van der Waals surface area contributed by atoms with Crippen LogP contribution in [0.1, 0.15) is 11.1 Å². The molecule has 0 saturated carbocycles. The number of halogens is 5. The van der Waals surface area contributed by atoms with Crippen LogP contribution in [0.2, 0.25) is 0 Å². The monoisotopic (exact) mass is 433 g/mol. The number of aromatic nitrogens is 3. The molecule has 0 saturated heterocycles. The highest BCUT2D eigenvalue weighted by atomic mass is 19.4. The zero-order valence-electron chi connectivity index (χ0n) is 15.5. The Morgan fingerprint density at radius 3 is 2.48 bits per heavy atom. The Morgan fingerprint density at radius 2 is 1.81 bits per heavy atom. The summed E-state index contributed by atoms with van der Waals surface area (Å²) >= 11 is 0. The van der Waals surface area contributed by atoms with E-state index in [9.17, 15) is 31.9 Å². The van der Waals surface area contributed by atoms with Crippen LogP contribution < -0.4 is 15.2 Å². The molecule has 3 aromatic heterocycles. The quantitative estimate of drug-likeness (QED) is 0.284. The van der Waals surface area contributed by atoms with Crippen LogP contribution in [-0.4, -0.2) is 9.38 Å². The van der Waals surface area contributed by atoms with Crippen LogP contribution in [0, 0.1) is 11.8 Å². The first-order chi connectivity index (χ1) is 14.7. The smallest absolute Gasteiger partial charge is 0.419 e. The molecule has 0 bridgehead atoms. The van der Waals surface area contributed by atoms with Gasteiger partial charge in [-0.25, -0.2) is 18.7 Å². The molecule has 0 unspecified atom stereocenters. The van der Waals surface area contributed by atoms with Crippen molar-refractivity contribution in [2.75, 3.05) is 0 Å². The first-order valence-corrected chi connectivity index (χ1v) is 8.89. The van der Waals surface area contributed by atoms with Crippen LogP contribution in [0.5, 0.6) is 5.88 Å². The van der Waals surface area contributed by atoms with E-state index in [4.69, 9.17) is 0 Å². The van der Waals surface area contributed by atoms with E-state index >= 15 is 0 Å². The van der Waals surface area contributed by atoms with Crippen LogP contribution in [0.15, 0.2) is 65.7 Å². The van der Waals surface area contributed by atoms with Crippen molar-refractivity contribution in [3.63, 3.8) is 0 Å². The number of pyridine rings is 2. The van der Waals surface area contributed by atoms with Crippen LogP contribution in [0.3, 0.4) is 0 Å². The Bertz CT molecular complexity index is 1350. The Morgan fingerprint density at radius 1 is 1.03 bits per heavy atom. The van der Waals surface area contributed by atoms with E-state index in [1.807, 2.05) is 0 Å². The highest BCUT2D eigenvalue weighted by Crippen LogP contribution is 2.35. The molecule has 0 spiro atoms. The van der Waals surface area contributed by atoms with E-state index in [-0.39, 0.29) is 12.2 Å². The van der Waals surface area contributed by atoms with E-state index in [2.05, 4.69) is 4.98 Å². The van der Waals surface area contributed by atoms with Crippen LogP contribution >= 0.6 is 0 Å². The molecule has 0 N–H and O–H groups in total. The molecule has 0 aliphatic rings. The number of nitrogens with zero attached hydrogens (tertiary/aromatic N) is 3. The first-order valence-electron chi connectivity index (χ1n) is 8.89. The molecule has 31 heavy (non-hydrogen) atoms. The zero-order valence-corrected chi connectivity index (χ0v) is 15.5. The van der Waals surface area contributed by atoms with E-state index in [0.29, 0.717) is 11.6 Å². The minimum absolute atomic E-state index is 0.123. The van der Waals surface area contributed by atoms with Gasteiger partial charge in [0, 0.05) is 23.4 Å². The summed E-state index contributed by atoms with van der Waals surface area (Å²) in [6.07, 6.45) is -2.52. The molecule has 4 rings (SSSR count). The van der Waals surface area contributed by atoms with Crippen molar-refractivity contribution >= 4 is 5.65 Å². The highest BCUT2D eigenvalue weighted by molar-refractivity contribution is 5.68. The fourth-order valence-electron chi connectivity index (χ4n) is 3.29. The Kier molecular flexibility index (Phi) is 4.92. The van der Waals surface area contributed by atoms with Gasteiger partial charge in [-0.3, -0.25) is 0 Å². The van der Waals surface area contributed by atoms with Gasteiger partial charge in [-0.2, -0.15) is 22.0 Å². The molecule has 0 fully saturated rings. The molecule has 3 heterocycles. The summed E-state index contributed by atoms with van der Waals surface area (Å²) in [5, 5.41) is 13.2. The third-order valence-electron chi connectivity index (χ3n) is 4.71. The second-order valence-corrected chi connectivity index (χ2v) is 6.65. The Balaban J connectivity index is 2.02. The van der Waals surface area contributed by atoms with E-state index < -0.39 is 46.1 Å². The normalized spacial score (nSPS) is 11.8. The van der Waals surface area contributed by atoms with Gasteiger partial charge in [-0.1, -0.05) is 18.2 Å². The summed E-state index contributed by atoms with van der Waals surface area (Å²) < 4.78 is 69.5. The van der Waals surface area contributed by atoms with Crippen LogP contribution in [0.4, 0.5) is 22.0 Å². The van der Waals surface area contributed by atoms with Gasteiger partial charge in [0.05, 0.1) is 17.6 Å². The number of hydrogen-bond donors (Lipinski definition) is 0. The van der Waals surface area contributed by atoms with Crippen molar-refractivity contribution in [1.29, 1.82) is 0 Å². The van der Waals surface area contributed by atoms with Crippen LogP contribution in [0.25, 0.3) is 16.8 Å². The lowest BCUT2D eigenvalue weighted by Gasteiger charge is -2.18. The summed E-state index contributed by atoms with van der Waals surface area (Å²) in [7, 11) is 0. The number of alkyl halides is 3. The van der Waals surface area contributed by atoms with Gasteiger partial charge in [-0.15, -0.1) is 0 Å². The van der Waals surface area contributed by atoms with Gasteiger partial charge < -0.3 is 5.11 Å². The lowest BCUT2D eigenvalue weighted by Crippen LogP contribution is -2.44. The Labute approximate surface area is 171 Å². The van der Waals surface area contributed by atoms with Gasteiger partial charge in [0.1, 0.15) is 17.9 Å². The van der Waals surface area contributed by atoms with Gasteiger partial charge in [0.15, 0.2) is 0 Å². The number of benzene rings is 1. The molecule has 158 valence electrons. The van der Waals surface area contributed by atoms with Gasteiger partial charge >= 0.3 is 11.7 Å². The summed E-state index contributed by atoms with van der Waals surface area (Å²) in [6, 6.07) is 9.32. The minimum Gasteiger partial charge on any atom is -0.842 e. The van der Waals surface area contributed by atoms with Crippen molar-refractivity contribution in [2.45, 2.75) is 12.7 Å². The minimum atomic E-state index is -5.01. The van der Waals surface area contributed by atoms with Crippen LogP contribution in [-0.2, 0) is 12.7 Å². The SMILES string of the molecule is O=c1c(-c2cccc(C(F)(F)F)c2F)c([O-])[n+](Cc2ccc(F)nc2)c2ccccn12. The third kappa shape index (κ3) is 3.60. The average Bonchev–Trinajstić information content (AvgIpc) is 2.73. The standard InChI is InChI=1S/C21H12F5N3O2/c22-15-8-7-12(10-27-15)11-29-16-6-1-2-9-28(16)19(30)17(20(29)31)13-4-3-5-14(18(13)23)21(24,25)26/h1-10H,11H2. The van der Waals surface area contributed by atoms with E-state index in [1.54, 1.807) is 6.07 Å². The second kappa shape index (κ2) is 7.46. The number of rotatable bonds is 3. The first kappa shape index (κ1) is 20.5.